The van der Waals surface area contributed by atoms with Crippen molar-refractivity contribution in [1.29, 1.82) is 0 Å². The largest absolute Gasteiger partial charge is 0.465 e. The predicted octanol–water partition coefficient (Wildman–Crippen LogP) is 2.61. The van der Waals surface area contributed by atoms with Crippen molar-refractivity contribution >= 4 is 5.97 Å². The van der Waals surface area contributed by atoms with E-state index in [1.165, 1.54) is 0 Å². The molecule has 0 heterocycles. The number of carbonyl (C=O) groups excluding carboxylic acids is 1. The van der Waals surface area contributed by atoms with E-state index >= 15 is 0 Å². The first-order valence-corrected chi connectivity index (χ1v) is 7.39. The minimum Gasteiger partial charge on any atom is -0.465 e. The van der Waals surface area contributed by atoms with Gasteiger partial charge in [-0.05, 0) is 18.1 Å². The quantitative estimate of drug-likeness (QED) is 0.772. The molecule has 2 N–H and O–H groups in total. The molecule has 22 heavy (non-hydrogen) atoms. The first-order chi connectivity index (χ1) is 10.7. The van der Waals surface area contributed by atoms with Crippen LogP contribution in [0.1, 0.15) is 30.2 Å². The Morgan fingerprint density at radius 2 is 1.59 bits per heavy atom. The third-order valence-corrected chi connectivity index (χ3v) is 3.39. The lowest BCUT2D eigenvalue weighted by Gasteiger charge is -2.24. The van der Waals surface area contributed by atoms with Crippen LogP contribution in [0.25, 0.3) is 0 Å². The Hall–Kier alpha value is -2.17. The van der Waals surface area contributed by atoms with Gasteiger partial charge in [0.05, 0.1) is 25.3 Å². The number of hydrogen-bond acceptors (Lipinski definition) is 4. The normalized spacial score (nSPS) is 13.4. The van der Waals surface area contributed by atoms with E-state index < -0.39 is 6.10 Å². The summed E-state index contributed by atoms with van der Waals surface area (Å²) in [6.45, 7) is 2.17. The number of aliphatic hydroxyl groups is 1. The number of ether oxygens (including phenoxy) is 1. The van der Waals surface area contributed by atoms with E-state index in [0.29, 0.717) is 6.61 Å². The van der Waals surface area contributed by atoms with Crippen molar-refractivity contribution in [1.82, 2.24) is 5.32 Å². The van der Waals surface area contributed by atoms with E-state index in [9.17, 15) is 9.90 Å². The van der Waals surface area contributed by atoms with Crippen molar-refractivity contribution in [2.75, 3.05) is 13.2 Å². The molecule has 0 radical (unpaired) electrons. The summed E-state index contributed by atoms with van der Waals surface area (Å²) < 4.78 is 4.93. The van der Waals surface area contributed by atoms with E-state index in [0.717, 1.165) is 11.1 Å². The van der Waals surface area contributed by atoms with Crippen molar-refractivity contribution in [3.8, 4) is 0 Å². The van der Waals surface area contributed by atoms with Crippen LogP contribution < -0.4 is 5.32 Å². The number of rotatable bonds is 7. The summed E-state index contributed by atoms with van der Waals surface area (Å²) in [5.41, 5.74) is 1.72. The molecule has 2 rings (SSSR count). The van der Waals surface area contributed by atoms with Crippen LogP contribution in [-0.2, 0) is 9.53 Å². The third-order valence-electron chi connectivity index (χ3n) is 3.39. The van der Waals surface area contributed by atoms with Gasteiger partial charge in [-0.1, -0.05) is 60.7 Å². The molecule has 0 aliphatic heterocycles. The smallest absolute Gasteiger partial charge is 0.319 e. The van der Waals surface area contributed by atoms with Crippen LogP contribution in [0.2, 0.25) is 0 Å². The summed E-state index contributed by atoms with van der Waals surface area (Å²) in [6.07, 6.45) is -0.752. The van der Waals surface area contributed by atoms with Crippen LogP contribution >= 0.6 is 0 Å². The van der Waals surface area contributed by atoms with Gasteiger partial charge >= 0.3 is 5.97 Å². The molecule has 2 aromatic rings. The minimum atomic E-state index is -0.752. The maximum atomic E-state index is 11.6. The summed E-state index contributed by atoms with van der Waals surface area (Å²) in [5.74, 6) is -0.330. The molecule has 0 aliphatic rings. The molecule has 0 bridgehead atoms. The van der Waals surface area contributed by atoms with E-state index in [1.807, 2.05) is 60.7 Å². The predicted molar refractivity (Wildman–Crippen MR) is 85.2 cm³/mol. The van der Waals surface area contributed by atoms with Gasteiger partial charge in [-0.3, -0.25) is 10.1 Å². The summed E-state index contributed by atoms with van der Waals surface area (Å²) in [7, 11) is 0. The van der Waals surface area contributed by atoms with Crippen molar-refractivity contribution in [2.45, 2.75) is 19.1 Å². The Bertz CT molecular complexity index is 571. The zero-order valence-electron chi connectivity index (χ0n) is 12.6. The zero-order valence-corrected chi connectivity index (χ0v) is 12.6. The minimum absolute atomic E-state index is 0.0529. The van der Waals surface area contributed by atoms with Gasteiger partial charge in [0, 0.05) is 0 Å². The van der Waals surface area contributed by atoms with Gasteiger partial charge in [-0.15, -0.1) is 0 Å². The number of aliphatic hydroxyl groups excluding tert-OH is 1. The van der Waals surface area contributed by atoms with Gasteiger partial charge in [0.15, 0.2) is 0 Å². The summed E-state index contributed by atoms with van der Waals surface area (Å²) in [5, 5.41) is 13.8. The lowest BCUT2D eigenvalue weighted by atomic mass is 9.96. The van der Waals surface area contributed by atoms with E-state index in [4.69, 9.17) is 4.74 Å². The number of benzene rings is 2. The number of hydrogen-bond donors (Lipinski definition) is 2. The van der Waals surface area contributed by atoms with Gasteiger partial charge in [-0.25, -0.2) is 0 Å². The Balaban J connectivity index is 2.16. The van der Waals surface area contributed by atoms with Crippen molar-refractivity contribution in [2.24, 2.45) is 0 Å². The van der Waals surface area contributed by atoms with E-state index in [2.05, 4.69) is 5.32 Å². The van der Waals surface area contributed by atoms with E-state index in [1.54, 1.807) is 6.92 Å². The topological polar surface area (TPSA) is 58.6 Å². The number of carbonyl (C=O) groups is 1. The molecule has 2 aromatic carbocycles. The molecular formula is C18H21NO3. The molecule has 0 aliphatic carbocycles. The van der Waals surface area contributed by atoms with Crippen LogP contribution in [0.4, 0.5) is 0 Å². The van der Waals surface area contributed by atoms with Gasteiger partial charge in [-0.2, -0.15) is 0 Å². The summed E-state index contributed by atoms with van der Waals surface area (Å²) in [4.78, 5) is 11.6. The molecule has 4 nitrogen and oxygen atoms in total. The zero-order chi connectivity index (χ0) is 15.8. The highest BCUT2D eigenvalue weighted by atomic mass is 16.5. The SMILES string of the molecule is CCOC(=O)CN[C@H](c1ccccc1)[C@H](O)c1ccccc1. The van der Waals surface area contributed by atoms with Crippen molar-refractivity contribution in [3.05, 3.63) is 71.8 Å². The molecule has 2 atom stereocenters. The van der Waals surface area contributed by atoms with Gasteiger partial charge < -0.3 is 9.84 Å². The molecule has 4 heteroatoms. The Labute approximate surface area is 130 Å². The summed E-state index contributed by atoms with van der Waals surface area (Å²) >= 11 is 0. The van der Waals surface area contributed by atoms with Crippen molar-refractivity contribution < 1.29 is 14.6 Å². The molecule has 116 valence electrons. The standard InChI is InChI=1S/C18H21NO3/c1-2-22-16(20)13-19-17(14-9-5-3-6-10-14)18(21)15-11-7-4-8-12-15/h3-12,17-19,21H,2,13H2,1H3/t17-,18-/m1/s1. The highest BCUT2D eigenvalue weighted by molar-refractivity contribution is 5.71. The molecule has 0 unspecified atom stereocenters. The maximum absolute atomic E-state index is 11.6. The lowest BCUT2D eigenvalue weighted by molar-refractivity contribution is -0.142. The molecular weight excluding hydrogens is 278 g/mol. The van der Waals surface area contributed by atoms with Gasteiger partial charge in [0.2, 0.25) is 0 Å². The second-order valence-electron chi connectivity index (χ2n) is 4.93. The van der Waals surface area contributed by atoms with E-state index in [-0.39, 0.29) is 18.6 Å². The van der Waals surface area contributed by atoms with Crippen LogP contribution in [0, 0.1) is 0 Å². The molecule has 0 saturated heterocycles. The molecule has 0 spiro atoms. The van der Waals surface area contributed by atoms with Crippen LogP contribution in [0.15, 0.2) is 60.7 Å². The first-order valence-electron chi connectivity index (χ1n) is 7.39. The van der Waals surface area contributed by atoms with Gasteiger partial charge in [0.1, 0.15) is 0 Å². The second-order valence-corrected chi connectivity index (χ2v) is 4.93. The second kappa shape index (κ2) is 8.32. The highest BCUT2D eigenvalue weighted by Gasteiger charge is 2.23. The molecule has 0 fully saturated rings. The fraction of sp³-hybridized carbons (Fsp3) is 0.278. The van der Waals surface area contributed by atoms with Crippen LogP contribution in [0.3, 0.4) is 0 Å². The lowest BCUT2D eigenvalue weighted by Crippen LogP contribution is -2.32. The van der Waals surface area contributed by atoms with Crippen LogP contribution in [0.5, 0.6) is 0 Å². The highest BCUT2D eigenvalue weighted by Crippen LogP contribution is 2.28. The fourth-order valence-electron chi connectivity index (χ4n) is 2.32. The monoisotopic (exact) mass is 299 g/mol. The fourth-order valence-corrected chi connectivity index (χ4v) is 2.32. The Morgan fingerprint density at radius 3 is 2.14 bits per heavy atom. The molecule has 0 amide bonds. The number of nitrogens with one attached hydrogen (secondary N) is 1. The Morgan fingerprint density at radius 1 is 1.05 bits per heavy atom. The third kappa shape index (κ3) is 4.41. The molecule has 0 aromatic heterocycles. The molecule has 0 saturated carbocycles. The van der Waals surface area contributed by atoms with Gasteiger partial charge in [0.25, 0.3) is 0 Å². The maximum Gasteiger partial charge on any atom is 0.319 e. The summed E-state index contributed by atoms with van der Waals surface area (Å²) in [6, 6.07) is 18.6. The first kappa shape index (κ1) is 16.2. The number of esters is 1. The Kier molecular flexibility index (Phi) is 6.13. The van der Waals surface area contributed by atoms with Crippen LogP contribution in [-0.4, -0.2) is 24.2 Å². The average molecular weight is 299 g/mol. The van der Waals surface area contributed by atoms with Crippen molar-refractivity contribution in [3.63, 3.8) is 0 Å². The average Bonchev–Trinajstić information content (AvgIpc) is 2.57.